The van der Waals surface area contributed by atoms with E-state index in [0.717, 1.165) is 6.26 Å². The molecule has 2 rings (SSSR count). The highest BCUT2D eigenvalue weighted by Crippen LogP contribution is 2.31. The van der Waals surface area contributed by atoms with Crippen molar-refractivity contribution in [3.05, 3.63) is 23.1 Å². The first kappa shape index (κ1) is 10.9. The van der Waals surface area contributed by atoms with Crippen LogP contribution in [0.4, 0.5) is 0 Å². The van der Waals surface area contributed by atoms with E-state index in [1.54, 1.807) is 17.5 Å². The summed E-state index contributed by atoms with van der Waals surface area (Å²) >= 11 is 1.35. The summed E-state index contributed by atoms with van der Waals surface area (Å²) in [6, 6.07) is 5.33. The predicted molar refractivity (Wildman–Crippen MR) is 57.6 cm³/mol. The fourth-order valence-corrected chi connectivity index (χ4v) is 2.59. The van der Waals surface area contributed by atoms with Gasteiger partial charge in [-0.15, -0.1) is 11.3 Å². The van der Waals surface area contributed by atoms with Crippen molar-refractivity contribution < 1.29 is 12.9 Å². The number of nitriles is 1. The molecule has 2 aromatic heterocycles. The smallest absolute Gasteiger partial charge is 0.216 e. The summed E-state index contributed by atoms with van der Waals surface area (Å²) < 4.78 is 27.6. The number of rotatable bonds is 2. The first-order valence-corrected chi connectivity index (χ1v) is 6.95. The molecule has 0 amide bonds. The van der Waals surface area contributed by atoms with Crippen LogP contribution in [0.2, 0.25) is 0 Å². The minimum absolute atomic E-state index is 0.0371. The highest BCUT2D eigenvalue weighted by atomic mass is 32.2. The number of sulfone groups is 1. The quantitative estimate of drug-likeness (QED) is 0.814. The Hall–Kier alpha value is -1.65. The number of aromatic nitrogens is 1. The van der Waals surface area contributed by atoms with Crippen LogP contribution >= 0.6 is 11.3 Å². The van der Waals surface area contributed by atoms with Crippen molar-refractivity contribution in [1.82, 2.24) is 5.16 Å². The van der Waals surface area contributed by atoms with E-state index >= 15 is 0 Å². The molecule has 5 nitrogen and oxygen atoms in total. The lowest BCUT2D eigenvalue weighted by Gasteiger charge is -1.90. The maximum Gasteiger partial charge on any atom is 0.216 e. The first-order chi connectivity index (χ1) is 7.54. The maximum absolute atomic E-state index is 11.3. The molecule has 0 atom stereocenters. The van der Waals surface area contributed by atoms with Gasteiger partial charge in [0.1, 0.15) is 11.6 Å². The van der Waals surface area contributed by atoms with Crippen LogP contribution in [-0.2, 0) is 9.84 Å². The molecule has 0 fully saturated rings. The van der Waals surface area contributed by atoms with Gasteiger partial charge in [0.25, 0.3) is 0 Å². The van der Waals surface area contributed by atoms with Crippen molar-refractivity contribution in [2.75, 3.05) is 6.26 Å². The van der Waals surface area contributed by atoms with Crippen LogP contribution in [0, 0.1) is 11.3 Å². The number of thiophene rings is 1. The Balaban J connectivity index is 2.69. The standard InChI is InChI=1S/C9H6N2O3S2/c1-16(12,13)9-6(5-10)8(14-11-9)7-3-2-4-15-7/h2-4H,1H3. The van der Waals surface area contributed by atoms with Gasteiger partial charge in [-0.3, -0.25) is 0 Å². The molecule has 82 valence electrons. The van der Waals surface area contributed by atoms with E-state index in [-0.39, 0.29) is 16.3 Å². The predicted octanol–water partition coefficient (Wildman–Crippen LogP) is 1.68. The summed E-state index contributed by atoms with van der Waals surface area (Å²) in [5.41, 5.74) is -0.0371. The first-order valence-electron chi connectivity index (χ1n) is 4.17. The SMILES string of the molecule is CS(=O)(=O)c1noc(-c2cccs2)c1C#N. The van der Waals surface area contributed by atoms with Crippen molar-refractivity contribution in [1.29, 1.82) is 5.26 Å². The number of hydrogen-bond acceptors (Lipinski definition) is 6. The summed E-state index contributed by atoms with van der Waals surface area (Å²) in [5, 5.41) is 13.9. The molecule has 0 aromatic carbocycles. The van der Waals surface area contributed by atoms with Crippen LogP contribution in [0.15, 0.2) is 27.1 Å². The third kappa shape index (κ3) is 1.73. The van der Waals surface area contributed by atoms with Crippen LogP contribution < -0.4 is 0 Å². The lowest BCUT2D eigenvalue weighted by atomic mass is 10.2. The van der Waals surface area contributed by atoms with Gasteiger partial charge in [0.15, 0.2) is 15.6 Å². The van der Waals surface area contributed by atoms with Crippen molar-refractivity contribution in [3.8, 4) is 16.7 Å². The number of nitrogens with zero attached hydrogens (tertiary/aromatic N) is 2. The van der Waals surface area contributed by atoms with Gasteiger partial charge in [0.2, 0.25) is 5.03 Å². The van der Waals surface area contributed by atoms with Gasteiger partial charge in [-0.25, -0.2) is 8.42 Å². The van der Waals surface area contributed by atoms with Gasteiger partial charge in [-0.05, 0) is 11.4 Å². The molecule has 2 aromatic rings. The zero-order chi connectivity index (χ0) is 11.8. The molecule has 0 radical (unpaired) electrons. The molecule has 7 heteroatoms. The van der Waals surface area contributed by atoms with Crippen molar-refractivity contribution >= 4 is 21.2 Å². The van der Waals surface area contributed by atoms with E-state index in [0.29, 0.717) is 4.88 Å². The van der Waals surface area contributed by atoms with Crippen LogP contribution in [-0.4, -0.2) is 19.8 Å². The summed E-state index contributed by atoms with van der Waals surface area (Å²) in [7, 11) is -3.54. The monoisotopic (exact) mass is 254 g/mol. The van der Waals surface area contributed by atoms with E-state index < -0.39 is 9.84 Å². The van der Waals surface area contributed by atoms with E-state index in [1.807, 2.05) is 6.07 Å². The zero-order valence-electron chi connectivity index (χ0n) is 8.17. The fourth-order valence-electron chi connectivity index (χ4n) is 1.20. The summed E-state index contributed by atoms with van der Waals surface area (Å²) in [4.78, 5) is 0.680. The van der Waals surface area contributed by atoms with Gasteiger partial charge in [-0.1, -0.05) is 11.2 Å². The molecule has 0 saturated heterocycles. The molecule has 0 bridgehead atoms. The lowest BCUT2D eigenvalue weighted by Crippen LogP contribution is -1.99. The summed E-state index contributed by atoms with van der Waals surface area (Å²) in [6.45, 7) is 0. The van der Waals surface area contributed by atoms with Crippen molar-refractivity contribution in [2.24, 2.45) is 0 Å². The summed E-state index contributed by atoms with van der Waals surface area (Å²) in [6.07, 6.45) is 0.990. The average Bonchev–Trinajstić information content (AvgIpc) is 2.84. The zero-order valence-corrected chi connectivity index (χ0v) is 9.80. The molecule has 0 unspecified atom stereocenters. The van der Waals surface area contributed by atoms with Crippen molar-refractivity contribution in [2.45, 2.75) is 5.03 Å². The Labute approximate surface area is 95.8 Å². The van der Waals surface area contributed by atoms with Crippen LogP contribution in [0.1, 0.15) is 5.56 Å². The molecule has 0 aliphatic heterocycles. The Kier molecular flexibility index (Phi) is 2.53. The van der Waals surface area contributed by atoms with E-state index in [9.17, 15) is 8.42 Å². The molecule has 0 spiro atoms. The average molecular weight is 254 g/mol. The minimum atomic E-state index is -3.54. The van der Waals surface area contributed by atoms with Gasteiger partial charge in [-0.2, -0.15) is 5.26 Å². The highest BCUT2D eigenvalue weighted by Gasteiger charge is 2.24. The number of hydrogen-bond donors (Lipinski definition) is 0. The Morgan fingerprint density at radius 3 is 2.81 bits per heavy atom. The lowest BCUT2D eigenvalue weighted by molar-refractivity contribution is 0.413. The molecule has 0 aliphatic carbocycles. The normalized spacial score (nSPS) is 11.2. The Morgan fingerprint density at radius 2 is 2.31 bits per heavy atom. The largest absolute Gasteiger partial charge is 0.353 e. The fraction of sp³-hybridized carbons (Fsp3) is 0.111. The molecule has 0 N–H and O–H groups in total. The van der Waals surface area contributed by atoms with Crippen LogP contribution in [0.5, 0.6) is 0 Å². The van der Waals surface area contributed by atoms with E-state index in [4.69, 9.17) is 9.78 Å². The third-order valence-electron chi connectivity index (χ3n) is 1.87. The highest BCUT2D eigenvalue weighted by molar-refractivity contribution is 7.90. The van der Waals surface area contributed by atoms with E-state index in [1.165, 1.54) is 11.3 Å². The second-order valence-electron chi connectivity index (χ2n) is 3.05. The molecular weight excluding hydrogens is 248 g/mol. The third-order valence-corrected chi connectivity index (χ3v) is 3.72. The van der Waals surface area contributed by atoms with Gasteiger partial charge < -0.3 is 4.52 Å². The maximum atomic E-state index is 11.3. The topological polar surface area (TPSA) is 84.0 Å². The molecule has 0 saturated carbocycles. The minimum Gasteiger partial charge on any atom is -0.353 e. The van der Waals surface area contributed by atoms with Gasteiger partial charge in [0.05, 0.1) is 4.88 Å². The van der Waals surface area contributed by atoms with E-state index in [2.05, 4.69) is 5.16 Å². The second kappa shape index (κ2) is 3.73. The Morgan fingerprint density at radius 1 is 1.56 bits per heavy atom. The van der Waals surface area contributed by atoms with Crippen molar-refractivity contribution in [3.63, 3.8) is 0 Å². The molecular formula is C9H6N2O3S2. The van der Waals surface area contributed by atoms with Gasteiger partial charge in [0, 0.05) is 6.26 Å². The summed E-state index contributed by atoms with van der Waals surface area (Å²) in [5.74, 6) is 0.206. The van der Waals surface area contributed by atoms with Gasteiger partial charge >= 0.3 is 0 Å². The second-order valence-corrected chi connectivity index (χ2v) is 5.93. The Bertz CT molecular complexity index is 647. The van der Waals surface area contributed by atoms with Crippen LogP contribution in [0.25, 0.3) is 10.6 Å². The molecule has 0 aliphatic rings. The molecule has 16 heavy (non-hydrogen) atoms. The van der Waals surface area contributed by atoms with Crippen LogP contribution in [0.3, 0.4) is 0 Å². The molecule has 2 heterocycles.